The number of fused-ring (bicyclic) bond motifs is 1. The maximum atomic E-state index is 12.9. The number of rotatable bonds is 6. The largest absolute Gasteiger partial charge is 0.365 e. The van der Waals surface area contributed by atoms with Gasteiger partial charge in [-0.3, -0.25) is 9.78 Å². The van der Waals surface area contributed by atoms with Crippen LogP contribution in [-0.2, 0) is 4.79 Å². The fourth-order valence-corrected chi connectivity index (χ4v) is 6.17. The Bertz CT molecular complexity index is 1450. The molecule has 2 aliphatic rings. The standard InChI is InChI=1S/C31H34ClN5OS/c1-19-9-8-10-21(15-19)34-27(38)12-14-37-29(28(35-30(37)39)25-11-6-7-13-33-25)23-16-22-20(2)18-31(3,4)36(5)26(22)17-24(23)32/h6-11,13,15-18,28-29H,12,14H2,1-5H3,(H,34,38)(H,35,39)/t28-,29+/m1/s1. The van der Waals surface area contributed by atoms with Gasteiger partial charge in [0.05, 0.1) is 23.3 Å². The zero-order valence-corrected chi connectivity index (χ0v) is 24.5. The Kier molecular flexibility index (Phi) is 7.40. The van der Waals surface area contributed by atoms with Gasteiger partial charge in [0.25, 0.3) is 0 Å². The molecule has 3 heterocycles. The van der Waals surface area contributed by atoms with Crippen molar-refractivity contribution < 1.29 is 4.79 Å². The van der Waals surface area contributed by atoms with Crippen LogP contribution in [-0.4, -0.2) is 40.0 Å². The molecular weight excluding hydrogens is 526 g/mol. The van der Waals surface area contributed by atoms with Gasteiger partial charge in [-0.25, -0.2) is 0 Å². The number of carbonyl (C=O) groups excluding carboxylic acids is 1. The lowest BCUT2D eigenvalue weighted by Crippen LogP contribution is -2.42. The molecule has 8 heteroatoms. The third kappa shape index (κ3) is 5.38. The number of carbonyl (C=O) groups is 1. The number of nitrogens with one attached hydrogen (secondary N) is 2. The van der Waals surface area contributed by atoms with Gasteiger partial charge >= 0.3 is 0 Å². The van der Waals surface area contributed by atoms with Crippen molar-refractivity contribution in [1.82, 2.24) is 15.2 Å². The van der Waals surface area contributed by atoms with Crippen LogP contribution in [0, 0.1) is 6.92 Å². The molecule has 0 aliphatic carbocycles. The summed E-state index contributed by atoms with van der Waals surface area (Å²) < 4.78 is 0. The molecule has 0 radical (unpaired) electrons. The van der Waals surface area contributed by atoms with Crippen LogP contribution in [0.3, 0.4) is 0 Å². The molecule has 1 amide bonds. The van der Waals surface area contributed by atoms with Crippen LogP contribution in [0.25, 0.3) is 5.57 Å². The number of allylic oxidation sites excluding steroid dienone is 1. The minimum atomic E-state index is -0.231. The Balaban J connectivity index is 1.49. The van der Waals surface area contributed by atoms with Crippen LogP contribution in [0.4, 0.5) is 11.4 Å². The number of pyridine rings is 1. The van der Waals surface area contributed by atoms with Crippen molar-refractivity contribution in [2.24, 2.45) is 0 Å². The zero-order valence-electron chi connectivity index (χ0n) is 23.0. The molecule has 0 spiro atoms. The number of hydrogen-bond acceptors (Lipinski definition) is 4. The van der Waals surface area contributed by atoms with E-state index in [0.29, 0.717) is 16.7 Å². The lowest BCUT2D eigenvalue weighted by atomic mass is 9.86. The summed E-state index contributed by atoms with van der Waals surface area (Å²) in [6, 6.07) is 17.5. The number of anilines is 2. The zero-order chi connectivity index (χ0) is 27.9. The molecule has 1 aromatic heterocycles. The van der Waals surface area contributed by atoms with E-state index in [-0.39, 0.29) is 30.0 Å². The number of nitrogens with zero attached hydrogens (tertiary/aromatic N) is 3. The summed E-state index contributed by atoms with van der Waals surface area (Å²) in [7, 11) is 2.10. The molecule has 202 valence electrons. The van der Waals surface area contributed by atoms with Crippen LogP contribution in [0.2, 0.25) is 5.02 Å². The van der Waals surface area contributed by atoms with Gasteiger partial charge < -0.3 is 20.4 Å². The highest BCUT2D eigenvalue weighted by Gasteiger charge is 2.41. The fourth-order valence-electron chi connectivity index (χ4n) is 5.57. The summed E-state index contributed by atoms with van der Waals surface area (Å²) in [6.45, 7) is 8.98. The second kappa shape index (κ2) is 10.6. The molecule has 2 aliphatic heterocycles. The first kappa shape index (κ1) is 27.2. The van der Waals surface area contributed by atoms with Gasteiger partial charge in [0, 0.05) is 48.2 Å². The molecule has 2 aromatic carbocycles. The topological polar surface area (TPSA) is 60.5 Å². The van der Waals surface area contributed by atoms with Crippen LogP contribution in [0.1, 0.15) is 61.7 Å². The Morgan fingerprint density at radius 1 is 1.15 bits per heavy atom. The van der Waals surface area contributed by atoms with Gasteiger partial charge in [-0.1, -0.05) is 35.9 Å². The van der Waals surface area contributed by atoms with Gasteiger partial charge in [-0.05, 0) is 93.0 Å². The summed E-state index contributed by atoms with van der Waals surface area (Å²) in [6.07, 6.45) is 4.35. The van der Waals surface area contributed by atoms with Gasteiger partial charge in [0.1, 0.15) is 0 Å². The fraction of sp³-hybridized carbons (Fsp3) is 0.323. The summed E-state index contributed by atoms with van der Waals surface area (Å²) in [5, 5.41) is 7.72. The van der Waals surface area contributed by atoms with Crippen molar-refractivity contribution in [2.45, 2.75) is 51.7 Å². The minimum Gasteiger partial charge on any atom is -0.365 e. The Labute approximate surface area is 241 Å². The van der Waals surface area contributed by atoms with Gasteiger partial charge in [-0.15, -0.1) is 0 Å². The highest BCUT2D eigenvalue weighted by molar-refractivity contribution is 7.80. The smallest absolute Gasteiger partial charge is 0.226 e. The molecule has 0 bridgehead atoms. The van der Waals surface area contributed by atoms with Crippen molar-refractivity contribution in [2.75, 3.05) is 23.8 Å². The highest BCUT2D eigenvalue weighted by Crippen LogP contribution is 2.46. The molecule has 1 fully saturated rings. The second-order valence-electron chi connectivity index (χ2n) is 10.9. The monoisotopic (exact) mass is 559 g/mol. The quantitative estimate of drug-likeness (QED) is 0.329. The summed E-state index contributed by atoms with van der Waals surface area (Å²) in [5.41, 5.74) is 7.04. The van der Waals surface area contributed by atoms with E-state index in [1.54, 1.807) is 6.20 Å². The van der Waals surface area contributed by atoms with Crippen molar-refractivity contribution >= 4 is 51.8 Å². The van der Waals surface area contributed by atoms with Gasteiger partial charge in [0.2, 0.25) is 5.91 Å². The number of hydrogen-bond donors (Lipinski definition) is 2. The number of likely N-dealkylation sites (N-methyl/N-ethyl adjacent to an activating group) is 1. The lowest BCUT2D eigenvalue weighted by Gasteiger charge is -2.41. The van der Waals surface area contributed by atoms with Crippen molar-refractivity contribution in [1.29, 1.82) is 0 Å². The number of aryl methyl sites for hydroxylation is 1. The summed E-state index contributed by atoms with van der Waals surface area (Å²) in [5.74, 6) is -0.0670. The van der Waals surface area contributed by atoms with Crippen LogP contribution >= 0.6 is 23.8 Å². The number of aromatic nitrogens is 1. The first-order chi connectivity index (χ1) is 18.5. The van der Waals surface area contributed by atoms with E-state index in [0.717, 1.165) is 33.8 Å². The maximum absolute atomic E-state index is 12.9. The van der Waals surface area contributed by atoms with Crippen LogP contribution in [0.5, 0.6) is 0 Å². The SMILES string of the molecule is CC1=CC(C)(C)N(C)c2cc(Cl)c([C@H]3[C@@H](c4ccccn4)NC(=S)N3CCC(=O)Nc3cccc(C)c3)cc21. The molecular formula is C31H34ClN5OS. The Morgan fingerprint density at radius 3 is 2.67 bits per heavy atom. The summed E-state index contributed by atoms with van der Waals surface area (Å²) >= 11 is 12.9. The maximum Gasteiger partial charge on any atom is 0.226 e. The normalized spacial score (nSPS) is 19.8. The molecule has 0 unspecified atom stereocenters. The lowest BCUT2D eigenvalue weighted by molar-refractivity contribution is -0.116. The molecule has 6 nitrogen and oxygen atoms in total. The molecule has 2 N–H and O–H groups in total. The average Bonchev–Trinajstić information content (AvgIpc) is 3.22. The molecule has 5 rings (SSSR count). The third-order valence-electron chi connectivity index (χ3n) is 7.73. The van der Waals surface area contributed by atoms with E-state index in [1.165, 1.54) is 5.57 Å². The van der Waals surface area contributed by atoms with E-state index >= 15 is 0 Å². The van der Waals surface area contributed by atoms with Gasteiger partial charge in [-0.2, -0.15) is 0 Å². The van der Waals surface area contributed by atoms with Crippen LogP contribution < -0.4 is 15.5 Å². The molecule has 39 heavy (non-hydrogen) atoms. The predicted molar refractivity (Wildman–Crippen MR) is 164 cm³/mol. The Morgan fingerprint density at radius 2 is 1.95 bits per heavy atom. The number of halogens is 1. The number of thiocarbonyl (C=S) groups is 1. The average molecular weight is 560 g/mol. The Hall–Kier alpha value is -3.42. The number of benzene rings is 2. The van der Waals surface area contributed by atoms with E-state index in [9.17, 15) is 4.79 Å². The van der Waals surface area contributed by atoms with Crippen molar-refractivity contribution in [3.63, 3.8) is 0 Å². The second-order valence-corrected chi connectivity index (χ2v) is 11.7. The third-order valence-corrected chi connectivity index (χ3v) is 8.41. The molecule has 2 atom stereocenters. The van der Waals surface area contributed by atoms with E-state index < -0.39 is 0 Å². The van der Waals surface area contributed by atoms with Crippen molar-refractivity contribution in [3.05, 3.63) is 94.3 Å². The highest BCUT2D eigenvalue weighted by atomic mass is 35.5. The molecule has 1 saturated heterocycles. The van der Waals surface area contributed by atoms with E-state index in [4.69, 9.17) is 23.8 Å². The van der Waals surface area contributed by atoms with E-state index in [1.807, 2.05) is 49.4 Å². The predicted octanol–water partition coefficient (Wildman–Crippen LogP) is 6.68. The van der Waals surface area contributed by atoms with E-state index in [2.05, 4.69) is 71.4 Å². The molecule has 0 saturated carbocycles. The van der Waals surface area contributed by atoms with Crippen LogP contribution in [0.15, 0.2) is 66.9 Å². The van der Waals surface area contributed by atoms with Crippen molar-refractivity contribution in [3.8, 4) is 0 Å². The van der Waals surface area contributed by atoms with Gasteiger partial charge in [0.15, 0.2) is 5.11 Å². The first-order valence-electron chi connectivity index (χ1n) is 13.2. The minimum absolute atomic E-state index is 0.0670. The molecule has 3 aromatic rings. The first-order valence-corrected chi connectivity index (χ1v) is 14.0. The summed E-state index contributed by atoms with van der Waals surface area (Å²) in [4.78, 5) is 21.9. The number of amides is 1.